The van der Waals surface area contributed by atoms with E-state index in [0.29, 0.717) is 23.6 Å². The zero-order valence-corrected chi connectivity index (χ0v) is 26.1. The van der Waals surface area contributed by atoms with Gasteiger partial charge >= 0.3 is 6.16 Å². The minimum absolute atomic E-state index is 0.135. The summed E-state index contributed by atoms with van der Waals surface area (Å²) in [7, 11) is -3.83. The van der Waals surface area contributed by atoms with Gasteiger partial charge in [0.2, 0.25) is 10.0 Å². The van der Waals surface area contributed by atoms with E-state index < -0.39 is 33.6 Å². The molecule has 0 radical (unpaired) electrons. The maximum Gasteiger partial charge on any atom is 0.506 e. The Morgan fingerprint density at radius 1 is 0.844 bits per heavy atom. The van der Waals surface area contributed by atoms with E-state index in [1.165, 1.54) is 0 Å². The van der Waals surface area contributed by atoms with Gasteiger partial charge < -0.3 is 14.4 Å². The normalized spacial score (nSPS) is 12.5. The van der Waals surface area contributed by atoms with Crippen LogP contribution in [0.2, 0.25) is 5.02 Å². The molecule has 1 unspecified atom stereocenters. The molecule has 0 bridgehead atoms. The average molecular weight is 644 g/mol. The fourth-order valence-electron chi connectivity index (χ4n) is 5.59. The van der Waals surface area contributed by atoms with Crippen molar-refractivity contribution in [2.75, 3.05) is 12.3 Å². The smallest absolute Gasteiger partial charge is 0.450 e. The zero-order valence-electron chi connectivity index (χ0n) is 24.5. The first-order valence-corrected chi connectivity index (χ1v) is 16.6. The molecule has 0 fully saturated rings. The van der Waals surface area contributed by atoms with Crippen LogP contribution in [-0.4, -0.2) is 47.6 Å². The van der Waals surface area contributed by atoms with Crippen LogP contribution in [0.5, 0.6) is 0 Å². The number of carbonyl (C=O) groups is 1. The lowest BCUT2D eigenvalue weighted by Gasteiger charge is -2.37. The lowest BCUT2D eigenvalue weighted by molar-refractivity contribution is 0.0570. The Kier molecular flexibility index (Phi) is 10.3. The summed E-state index contributed by atoms with van der Waals surface area (Å²) in [6, 6.07) is 37.6. The van der Waals surface area contributed by atoms with Crippen LogP contribution in [0, 0.1) is 0 Å². The Hall–Kier alpha value is -4.44. The highest BCUT2D eigenvalue weighted by Gasteiger charge is 2.38. The van der Waals surface area contributed by atoms with Crippen LogP contribution in [-0.2, 0) is 33.1 Å². The van der Waals surface area contributed by atoms with Crippen molar-refractivity contribution >= 4 is 27.8 Å². The third-order valence-corrected chi connectivity index (χ3v) is 9.35. The zero-order chi connectivity index (χ0) is 31.7. The fourth-order valence-corrected chi connectivity index (χ4v) is 6.98. The second-order valence-corrected chi connectivity index (χ2v) is 13.0. The molecule has 0 spiro atoms. The van der Waals surface area contributed by atoms with Crippen molar-refractivity contribution in [1.82, 2.24) is 14.3 Å². The van der Waals surface area contributed by atoms with Crippen LogP contribution in [0.3, 0.4) is 0 Å². The molecule has 232 valence electrons. The standard InChI is InChI=1S/C35H34ClN3O5S/c36-31-18-16-27(17-19-31)22-23-38-45(42,43)25-33(44-34(40)41)21-20-32-24-39(26-37-32)35(28-10-4-1-5-11-28,29-12-6-2-7-13-29)30-14-8-3-9-15-30/h1-19,24,26,33,38H,20-23,25H2,(H,40,41). The molecule has 2 N–H and O–H groups in total. The maximum atomic E-state index is 12.9. The molecule has 10 heteroatoms. The number of hydrogen-bond acceptors (Lipinski definition) is 5. The van der Waals surface area contributed by atoms with Gasteiger partial charge in [-0.2, -0.15) is 0 Å². The largest absolute Gasteiger partial charge is 0.506 e. The molecule has 5 aromatic rings. The predicted octanol–water partition coefficient (Wildman–Crippen LogP) is 6.53. The van der Waals surface area contributed by atoms with Crippen molar-refractivity contribution in [3.8, 4) is 0 Å². The molecule has 0 aliphatic rings. The lowest BCUT2D eigenvalue weighted by atomic mass is 9.77. The number of hydrogen-bond donors (Lipinski definition) is 2. The van der Waals surface area contributed by atoms with Crippen LogP contribution in [0.4, 0.5) is 4.79 Å². The van der Waals surface area contributed by atoms with Gasteiger partial charge in [0.05, 0.1) is 12.0 Å². The maximum absolute atomic E-state index is 12.9. The predicted molar refractivity (Wildman–Crippen MR) is 175 cm³/mol. The van der Waals surface area contributed by atoms with Crippen molar-refractivity contribution in [3.05, 3.63) is 161 Å². The summed E-state index contributed by atoms with van der Waals surface area (Å²) in [5, 5.41) is 9.95. The molecule has 1 aromatic heterocycles. The van der Waals surface area contributed by atoms with E-state index in [2.05, 4.69) is 50.7 Å². The van der Waals surface area contributed by atoms with Crippen molar-refractivity contribution in [3.63, 3.8) is 0 Å². The summed E-state index contributed by atoms with van der Waals surface area (Å²) in [5.41, 5.74) is 3.96. The van der Waals surface area contributed by atoms with Gasteiger partial charge in [0.15, 0.2) is 0 Å². The van der Waals surface area contributed by atoms with E-state index in [1.807, 2.05) is 72.9 Å². The number of nitrogens with one attached hydrogen (secondary N) is 1. The third kappa shape index (κ3) is 7.99. The van der Waals surface area contributed by atoms with E-state index in [0.717, 1.165) is 22.3 Å². The van der Waals surface area contributed by atoms with Gasteiger partial charge in [-0.15, -0.1) is 0 Å². The molecule has 45 heavy (non-hydrogen) atoms. The third-order valence-electron chi connectivity index (χ3n) is 7.64. The molecule has 0 aliphatic carbocycles. The lowest BCUT2D eigenvalue weighted by Crippen LogP contribution is -2.37. The molecule has 4 aromatic carbocycles. The van der Waals surface area contributed by atoms with Crippen molar-refractivity contribution in [1.29, 1.82) is 0 Å². The minimum atomic E-state index is -3.83. The molecule has 0 saturated carbocycles. The molecule has 1 atom stereocenters. The molecular formula is C35H34ClN3O5S. The molecule has 5 rings (SSSR count). The average Bonchev–Trinajstić information content (AvgIpc) is 3.52. The van der Waals surface area contributed by atoms with Gasteiger partial charge in [-0.1, -0.05) is 115 Å². The summed E-state index contributed by atoms with van der Waals surface area (Å²) < 4.78 is 35.3. The van der Waals surface area contributed by atoms with Gasteiger partial charge in [-0.25, -0.2) is 22.9 Å². The fraction of sp³-hybridized carbons (Fsp3) is 0.200. The Morgan fingerprint density at radius 3 is 1.89 bits per heavy atom. The minimum Gasteiger partial charge on any atom is -0.450 e. The SMILES string of the molecule is O=C(O)OC(CCc1cn(C(c2ccccc2)(c2ccccc2)c2ccccc2)cn1)CS(=O)(=O)NCCc1ccc(Cl)cc1. The number of sulfonamides is 1. The van der Waals surface area contributed by atoms with E-state index in [-0.39, 0.29) is 13.0 Å². The van der Waals surface area contributed by atoms with Crippen molar-refractivity contribution in [2.45, 2.75) is 30.9 Å². The first-order valence-electron chi connectivity index (χ1n) is 14.6. The van der Waals surface area contributed by atoms with E-state index in [1.54, 1.807) is 18.5 Å². The van der Waals surface area contributed by atoms with Gasteiger partial charge in [0.25, 0.3) is 0 Å². The second kappa shape index (κ2) is 14.6. The molecule has 8 nitrogen and oxygen atoms in total. The Bertz CT molecular complexity index is 1690. The van der Waals surface area contributed by atoms with E-state index in [9.17, 15) is 18.3 Å². The first-order chi connectivity index (χ1) is 21.8. The summed E-state index contributed by atoms with van der Waals surface area (Å²) >= 11 is 5.92. The van der Waals surface area contributed by atoms with E-state index >= 15 is 0 Å². The number of aromatic nitrogens is 2. The molecule has 0 aliphatic heterocycles. The monoisotopic (exact) mass is 643 g/mol. The summed E-state index contributed by atoms with van der Waals surface area (Å²) in [5.74, 6) is -0.497. The highest BCUT2D eigenvalue weighted by Crippen LogP contribution is 2.40. The second-order valence-electron chi connectivity index (χ2n) is 10.7. The molecule has 0 amide bonds. The summed E-state index contributed by atoms with van der Waals surface area (Å²) in [4.78, 5) is 16.2. The number of benzene rings is 4. The highest BCUT2D eigenvalue weighted by molar-refractivity contribution is 7.89. The quantitative estimate of drug-likeness (QED) is 0.105. The van der Waals surface area contributed by atoms with Gasteiger partial charge in [0.1, 0.15) is 17.4 Å². The number of nitrogens with zero attached hydrogens (tertiary/aromatic N) is 2. The first kappa shape index (κ1) is 32.0. The number of aryl methyl sites for hydroxylation is 1. The summed E-state index contributed by atoms with van der Waals surface area (Å²) in [6.07, 6.45) is 2.00. The topological polar surface area (TPSA) is 111 Å². The van der Waals surface area contributed by atoms with Crippen LogP contribution < -0.4 is 4.72 Å². The number of rotatable bonds is 14. The van der Waals surface area contributed by atoms with Crippen LogP contribution >= 0.6 is 11.6 Å². The molecule has 1 heterocycles. The Morgan fingerprint density at radius 2 is 1.38 bits per heavy atom. The van der Waals surface area contributed by atoms with Gasteiger partial charge in [-0.3, -0.25) is 0 Å². The number of ether oxygens (including phenoxy) is 1. The Labute approximate surface area is 268 Å². The van der Waals surface area contributed by atoms with Crippen LogP contribution in [0.1, 0.15) is 34.4 Å². The van der Waals surface area contributed by atoms with Crippen molar-refractivity contribution in [2.24, 2.45) is 0 Å². The van der Waals surface area contributed by atoms with Crippen LogP contribution in [0.15, 0.2) is 128 Å². The number of halogens is 1. The highest BCUT2D eigenvalue weighted by atomic mass is 35.5. The molecule has 0 saturated heterocycles. The summed E-state index contributed by atoms with van der Waals surface area (Å²) in [6.45, 7) is 0.161. The van der Waals surface area contributed by atoms with Crippen molar-refractivity contribution < 1.29 is 23.1 Å². The Balaban J connectivity index is 1.36. The van der Waals surface area contributed by atoms with Gasteiger partial charge in [0, 0.05) is 17.8 Å². The number of carboxylic acid groups (broad SMARTS) is 1. The van der Waals surface area contributed by atoms with Crippen LogP contribution in [0.25, 0.3) is 0 Å². The van der Waals surface area contributed by atoms with E-state index in [4.69, 9.17) is 16.3 Å². The van der Waals surface area contributed by atoms with Gasteiger partial charge in [-0.05, 0) is 53.6 Å². The molecular weight excluding hydrogens is 610 g/mol. The number of imidazole rings is 1.